The molecule has 2 aromatic carbocycles. The summed E-state index contributed by atoms with van der Waals surface area (Å²) in [6.07, 6.45) is -0.372. The van der Waals surface area contributed by atoms with E-state index in [-0.39, 0.29) is 37.5 Å². The number of ether oxygens (including phenoxy) is 1. The van der Waals surface area contributed by atoms with Gasteiger partial charge < -0.3 is 20.3 Å². The number of halogens is 2. The first-order valence-corrected chi connectivity index (χ1v) is 8.37. The molecule has 0 spiro atoms. The molecule has 3 rings (SSSR count). The number of amides is 3. The lowest BCUT2D eigenvalue weighted by atomic mass is 10.2. The van der Waals surface area contributed by atoms with E-state index < -0.39 is 6.03 Å². The van der Waals surface area contributed by atoms with Crippen LogP contribution in [0.25, 0.3) is 0 Å². The van der Waals surface area contributed by atoms with Crippen LogP contribution in [0.4, 0.5) is 20.6 Å². The standard InChI is InChI=1S/C18H17ClFN3O3/c19-12-2-1-3-14(8-12)22-18(25)21-9-16-10-23(17(24)11-26-16)15-6-4-13(20)5-7-15/h1-8,16H,9-11H2,(H2,21,22,25). The Kier molecular flexibility index (Phi) is 5.70. The minimum absolute atomic E-state index is 0.0976. The van der Waals surface area contributed by atoms with Gasteiger partial charge in [0.25, 0.3) is 5.91 Å². The molecule has 0 aliphatic carbocycles. The van der Waals surface area contributed by atoms with Crippen LogP contribution in [0.5, 0.6) is 0 Å². The molecule has 2 aromatic rings. The highest BCUT2D eigenvalue weighted by molar-refractivity contribution is 6.30. The average molecular weight is 378 g/mol. The van der Waals surface area contributed by atoms with Crippen molar-refractivity contribution in [3.05, 3.63) is 59.4 Å². The Labute approximate surface area is 154 Å². The zero-order valence-electron chi connectivity index (χ0n) is 13.7. The molecule has 3 amide bonds. The number of morpholine rings is 1. The van der Waals surface area contributed by atoms with E-state index in [0.717, 1.165) is 0 Å². The fraction of sp³-hybridized carbons (Fsp3) is 0.222. The van der Waals surface area contributed by atoms with Crippen LogP contribution in [-0.4, -0.2) is 37.7 Å². The van der Waals surface area contributed by atoms with Crippen LogP contribution < -0.4 is 15.5 Å². The Morgan fingerprint density at radius 1 is 1.27 bits per heavy atom. The van der Waals surface area contributed by atoms with Crippen LogP contribution >= 0.6 is 11.6 Å². The van der Waals surface area contributed by atoms with Crippen molar-refractivity contribution in [2.75, 3.05) is 29.9 Å². The van der Waals surface area contributed by atoms with Gasteiger partial charge in [0.1, 0.15) is 12.4 Å². The molecule has 1 aliphatic heterocycles. The van der Waals surface area contributed by atoms with Crippen LogP contribution in [0.2, 0.25) is 5.02 Å². The van der Waals surface area contributed by atoms with Crippen molar-refractivity contribution in [3.8, 4) is 0 Å². The van der Waals surface area contributed by atoms with Gasteiger partial charge in [-0.3, -0.25) is 4.79 Å². The summed E-state index contributed by atoms with van der Waals surface area (Å²) >= 11 is 5.87. The number of anilines is 2. The fourth-order valence-electron chi connectivity index (χ4n) is 2.57. The molecule has 136 valence electrons. The molecule has 1 atom stereocenters. The van der Waals surface area contributed by atoms with Crippen LogP contribution in [0, 0.1) is 5.82 Å². The molecule has 6 nitrogen and oxygen atoms in total. The first-order valence-electron chi connectivity index (χ1n) is 7.99. The third-order valence-electron chi connectivity index (χ3n) is 3.84. The van der Waals surface area contributed by atoms with Crippen molar-refractivity contribution in [1.82, 2.24) is 5.32 Å². The molecule has 1 fully saturated rings. The summed E-state index contributed by atoms with van der Waals surface area (Å²) in [5, 5.41) is 5.89. The lowest BCUT2D eigenvalue weighted by Crippen LogP contribution is -2.51. The maximum atomic E-state index is 13.1. The van der Waals surface area contributed by atoms with Crippen molar-refractivity contribution in [2.45, 2.75) is 6.10 Å². The lowest BCUT2D eigenvalue weighted by Gasteiger charge is -2.32. The Bertz CT molecular complexity index is 801. The smallest absolute Gasteiger partial charge is 0.319 e. The van der Waals surface area contributed by atoms with E-state index in [1.54, 1.807) is 24.3 Å². The van der Waals surface area contributed by atoms with Crippen molar-refractivity contribution >= 4 is 34.9 Å². The van der Waals surface area contributed by atoms with Gasteiger partial charge >= 0.3 is 6.03 Å². The molecule has 1 heterocycles. The van der Waals surface area contributed by atoms with Crippen LogP contribution in [0.15, 0.2) is 48.5 Å². The summed E-state index contributed by atoms with van der Waals surface area (Å²) in [5.41, 5.74) is 1.16. The minimum Gasteiger partial charge on any atom is -0.365 e. The summed E-state index contributed by atoms with van der Waals surface area (Å²) < 4.78 is 18.5. The number of benzene rings is 2. The van der Waals surface area contributed by atoms with Gasteiger partial charge in [-0.25, -0.2) is 9.18 Å². The first kappa shape index (κ1) is 18.2. The number of urea groups is 1. The number of carbonyl (C=O) groups is 2. The number of carbonyl (C=O) groups excluding carboxylic acids is 2. The summed E-state index contributed by atoms with van der Waals surface area (Å²) in [6, 6.07) is 12.1. The first-order chi connectivity index (χ1) is 12.5. The normalized spacial score (nSPS) is 17.1. The SMILES string of the molecule is O=C(NCC1CN(c2ccc(F)cc2)C(=O)CO1)Nc1cccc(Cl)c1. The molecule has 8 heteroatoms. The summed E-state index contributed by atoms with van der Waals surface area (Å²) in [5.74, 6) is -0.582. The Morgan fingerprint density at radius 2 is 2.04 bits per heavy atom. The van der Waals surface area contributed by atoms with E-state index in [9.17, 15) is 14.0 Å². The summed E-state index contributed by atoms with van der Waals surface area (Å²) in [4.78, 5) is 25.5. The van der Waals surface area contributed by atoms with Crippen molar-refractivity contribution in [1.29, 1.82) is 0 Å². The van der Waals surface area contributed by atoms with Gasteiger partial charge in [0.2, 0.25) is 0 Å². The quantitative estimate of drug-likeness (QED) is 0.860. The number of hydrogen-bond donors (Lipinski definition) is 2. The monoisotopic (exact) mass is 377 g/mol. The van der Waals surface area contributed by atoms with Crippen molar-refractivity contribution in [2.24, 2.45) is 0 Å². The molecule has 0 bridgehead atoms. The predicted molar refractivity (Wildman–Crippen MR) is 97.0 cm³/mol. The zero-order valence-corrected chi connectivity index (χ0v) is 14.5. The zero-order chi connectivity index (χ0) is 18.5. The van der Waals surface area contributed by atoms with E-state index in [2.05, 4.69) is 10.6 Å². The highest BCUT2D eigenvalue weighted by Gasteiger charge is 2.27. The van der Waals surface area contributed by atoms with Crippen molar-refractivity contribution in [3.63, 3.8) is 0 Å². The van der Waals surface area contributed by atoms with Crippen LogP contribution in [0.3, 0.4) is 0 Å². The number of nitrogens with one attached hydrogen (secondary N) is 2. The van der Waals surface area contributed by atoms with Gasteiger partial charge in [-0.05, 0) is 42.5 Å². The van der Waals surface area contributed by atoms with E-state index in [1.807, 2.05) is 0 Å². The maximum Gasteiger partial charge on any atom is 0.319 e. The molecule has 1 saturated heterocycles. The maximum absolute atomic E-state index is 13.1. The average Bonchev–Trinajstić information content (AvgIpc) is 2.62. The van der Waals surface area contributed by atoms with E-state index in [1.165, 1.54) is 29.2 Å². The van der Waals surface area contributed by atoms with Crippen LogP contribution in [0.1, 0.15) is 0 Å². The van der Waals surface area contributed by atoms with Crippen molar-refractivity contribution < 1.29 is 18.7 Å². The highest BCUT2D eigenvalue weighted by atomic mass is 35.5. The topological polar surface area (TPSA) is 70.7 Å². The predicted octanol–water partition coefficient (Wildman–Crippen LogP) is 3.03. The Morgan fingerprint density at radius 3 is 2.77 bits per heavy atom. The second-order valence-electron chi connectivity index (χ2n) is 5.76. The molecule has 0 saturated carbocycles. The minimum atomic E-state index is -0.402. The Balaban J connectivity index is 1.54. The molecule has 1 aliphatic rings. The van der Waals surface area contributed by atoms with Gasteiger partial charge in [-0.2, -0.15) is 0 Å². The van der Waals surface area contributed by atoms with E-state index in [0.29, 0.717) is 16.4 Å². The fourth-order valence-corrected chi connectivity index (χ4v) is 2.76. The van der Waals surface area contributed by atoms with Crippen LogP contribution in [-0.2, 0) is 9.53 Å². The highest BCUT2D eigenvalue weighted by Crippen LogP contribution is 2.19. The van der Waals surface area contributed by atoms with Gasteiger partial charge in [0.15, 0.2) is 0 Å². The summed E-state index contributed by atoms with van der Waals surface area (Å²) in [6.45, 7) is 0.388. The van der Waals surface area contributed by atoms with Gasteiger partial charge in [-0.15, -0.1) is 0 Å². The molecule has 0 radical (unpaired) electrons. The van der Waals surface area contributed by atoms with Gasteiger partial charge in [0.05, 0.1) is 12.6 Å². The number of rotatable bonds is 4. The summed E-state index contributed by atoms with van der Waals surface area (Å²) in [7, 11) is 0. The van der Waals surface area contributed by atoms with Gasteiger partial charge in [-0.1, -0.05) is 17.7 Å². The molecule has 26 heavy (non-hydrogen) atoms. The Hall–Kier alpha value is -2.64. The number of hydrogen-bond acceptors (Lipinski definition) is 3. The third kappa shape index (κ3) is 4.71. The van der Waals surface area contributed by atoms with E-state index >= 15 is 0 Å². The third-order valence-corrected chi connectivity index (χ3v) is 4.08. The molecule has 1 unspecified atom stereocenters. The lowest BCUT2D eigenvalue weighted by molar-refractivity contribution is -0.129. The number of nitrogens with zero attached hydrogens (tertiary/aromatic N) is 1. The molecular weight excluding hydrogens is 361 g/mol. The second-order valence-corrected chi connectivity index (χ2v) is 6.20. The molecule has 2 N–H and O–H groups in total. The van der Waals surface area contributed by atoms with Gasteiger partial charge in [0, 0.05) is 22.9 Å². The largest absolute Gasteiger partial charge is 0.365 e. The van der Waals surface area contributed by atoms with E-state index in [4.69, 9.17) is 16.3 Å². The molecule has 0 aromatic heterocycles. The molecular formula is C18H17ClFN3O3. The second kappa shape index (κ2) is 8.16.